The number of aryl methyl sites for hydroxylation is 1. The lowest BCUT2D eigenvalue weighted by Crippen LogP contribution is -2.38. The highest BCUT2D eigenvalue weighted by molar-refractivity contribution is 5.38. The van der Waals surface area contributed by atoms with Crippen LogP contribution in [0.4, 0.5) is 0 Å². The number of nitrogens with one attached hydrogen (secondary N) is 1. The summed E-state index contributed by atoms with van der Waals surface area (Å²) in [6.45, 7) is 2.32. The first kappa shape index (κ1) is 13.9. The zero-order valence-electron chi connectivity index (χ0n) is 12.6. The molecule has 0 radical (unpaired) electrons. The van der Waals surface area contributed by atoms with Crippen LogP contribution in [-0.4, -0.2) is 11.1 Å². The molecule has 1 saturated carbocycles. The van der Waals surface area contributed by atoms with Crippen molar-refractivity contribution in [1.29, 1.82) is 0 Å². The van der Waals surface area contributed by atoms with E-state index in [-0.39, 0.29) is 0 Å². The van der Waals surface area contributed by atoms with E-state index in [9.17, 15) is 5.11 Å². The second-order valence-electron chi connectivity index (χ2n) is 6.63. The molecule has 3 rings (SSSR count). The minimum absolute atomic E-state index is 0.410. The smallest absolute Gasteiger partial charge is 0.115 e. The maximum absolute atomic E-state index is 9.76. The van der Waals surface area contributed by atoms with Crippen molar-refractivity contribution >= 4 is 0 Å². The number of benzene rings is 1. The lowest BCUT2D eigenvalue weighted by Gasteiger charge is -2.35. The van der Waals surface area contributed by atoms with E-state index in [1.54, 1.807) is 0 Å². The van der Waals surface area contributed by atoms with Gasteiger partial charge in [0, 0.05) is 12.1 Å². The molecule has 2 aliphatic rings. The number of hydrogen-bond donors (Lipinski definition) is 2. The quantitative estimate of drug-likeness (QED) is 0.859. The SMILES string of the molecule is CCC1CCCC(NC2CCCc3ccc(O)cc32)C1. The van der Waals surface area contributed by atoms with Crippen LogP contribution in [0.15, 0.2) is 18.2 Å². The normalized spacial score (nSPS) is 29.9. The number of hydrogen-bond acceptors (Lipinski definition) is 2. The van der Waals surface area contributed by atoms with Gasteiger partial charge in [0.1, 0.15) is 5.75 Å². The summed E-state index contributed by atoms with van der Waals surface area (Å²) in [6.07, 6.45) is 10.4. The molecule has 1 fully saturated rings. The van der Waals surface area contributed by atoms with Gasteiger partial charge in [-0.05, 0) is 61.3 Å². The molecule has 0 heterocycles. The predicted octanol–water partition coefficient (Wildman–Crippen LogP) is 4.33. The molecule has 0 aliphatic heterocycles. The van der Waals surface area contributed by atoms with Gasteiger partial charge in [0.15, 0.2) is 0 Å². The molecule has 2 aliphatic carbocycles. The van der Waals surface area contributed by atoms with Crippen molar-refractivity contribution < 1.29 is 5.11 Å². The Kier molecular flexibility index (Phi) is 4.30. The van der Waals surface area contributed by atoms with Gasteiger partial charge in [0.05, 0.1) is 0 Å². The summed E-state index contributed by atoms with van der Waals surface area (Å²) in [4.78, 5) is 0. The Bertz CT molecular complexity index is 457. The highest BCUT2D eigenvalue weighted by Gasteiger charge is 2.26. The second kappa shape index (κ2) is 6.17. The highest BCUT2D eigenvalue weighted by atomic mass is 16.3. The molecule has 2 N–H and O–H groups in total. The Morgan fingerprint density at radius 1 is 1.20 bits per heavy atom. The minimum Gasteiger partial charge on any atom is -0.508 e. The molecule has 1 aromatic carbocycles. The van der Waals surface area contributed by atoms with E-state index >= 15 is 0 Å². The second-order valence-corrected chi connectivity index (χ2v) is 6.63. The average Bonchev–Trinajstić information content (AvgIpc) is 2.48. The topological polar surface area (TPSA) is 32.3 Å². The van der Waals surface area contributed by atoms with Gasteiger partial charge in [-0.15, -0.1) is 0 Å². The summed E-state index contributed by atoms with van der Waals surface area (Å²) in [5.41, 5.74) is 2.77. The van der Waals surface area contributed by atoms with Crippen molar-refractivity contribution in [2.45, 2.75) is 70.4 Å². The van der Waals surface area contributed by atoms with Crippen molar-refractivity contribution in [2.24, 2.45) is 5.92 Å². The molecular formula is C18H27NO. The average molecular weight is 273 g/mol. The van der Waals surface area contributed by atoms with Crippen molar-refractivity contribution in [3.05, 3.63) is 29.3 Å². The molecule has 110 valence electrons. The predicted molar refractivity (Wildman–Crippen MR) is 83.0 cm³/mol. The molecule has 0 spiro atoms. The fraction of sp³-hybridized carbons (Fsp3) is 0.667. The Morgan fingerprint density at radius 3 is 2.95 bits per heavy atom. The maximum atomic E-state index is 9.76. The standard InChI is InChI=1S/C18H27NO/c1-2-13-5-3-7-15(11-13)19-18-8-4-6-14-9-10-16(20)12-17(14)18/h9-10,12-13,15,18-20H,2-8,11H2,1H3. The van der Waals surface area contributed by atoms with Crippen LogP contribution < -0.4 is 5.32 Å². The van der Waals surface area contributed by atoms with Gasteiger partial charge in [0.2, 0.25) is 0 Å². The van der Waals surface area contributed by atoms with Gasteiger partial charge in [-0.3, -0.25) is 0 Å². The molecular weight excluding hydrogens is 246 g/mol. The first-order valence-corrected chi connectivity index (χ1v) is 8.34. The van der Waals surface area contributed by atoms with Crippen molar-refractivity contribution in [3.8, 4) is 5.75 Å². The summed E-state index contributed by atoms with van der Waals surface area (Å²) < 4.78 is 0. The molecule has 2 heteroatoms. The first-order valence-electron chi connectivity index (χ1n) is 8.34. The Balaban J connectivity index is 1.71. The largest absolute Gasteiger partial charge is 0.508 e. The van der Waals surface area contributed by atoms with Crippen LogP contribution in [0.1, 0.15) is 69.0 Å². The van der Waals surface area contributed by atoms with Crippen LogP contribution in [0.25, 0.3) is 0 Å². The molecule has 2 nitrogen and oxygen atoms in total. The van der Waals surface area contributed by atoms with Crippen LogP contribution in [0.2, 0.25) is 0 Å². The molecule has 3 atom stereocenters. The first-order chi connectivity index (χ1) is 9.76. The third-order valence-corrected chi connectivity index (χ3v) is 5.24. The number of phenols is 1. The van der Waals surface area contributed by atoms with E-state index in [2.05, 4.69) is 18.3 Å². The molecule has 0 aromatic heterocycles. The third kappa shape index (κ3) is 3.01. The van der Waals surface area contributed by atoms with Crippen LogP contribution >= 0.6 is 0 Å². The minimum atomic E-state index is 0.410. The fourth-order valence-corrected chi connectivity index (χ4v) is 4.06. The van der Waals surface area contributed by atoms with E-state index in [1.807, 2.05) is 12.1 Å². The summed E-state index contributed by atoms with van der Waals surface area (Å²) in [6, 6.07) is 7.04. The lowest BCUT2D eigenvalue weighted by atomic mass is 9.82. The summed E-state index contributed by atoms with van der Waals surface area (Å²) in [7, 11) is 0. The van der Waals surface area contributed by atoms with Gasteiger partial charge in [0.25, 0.3) is 0 Å². The number of phenolic OH excluding ortho intramolecular Hbond substituents is 1. The number of rotatable bonds is 3. The van der Waals surface area contributed by atoms with Crippen LogP contribution in [0.3, 0.4) is 0 Å². The van der Waals surface area contributed by atoms with E-state index in [4.69, 9.17) is 0 Å². The van der Waals surface area contributed by atoms with Crippen molar-refractivity contribution in [2.75, 3.05) is 0 Å². The molecule has 0 bridgehead atoms. The van der Waals surface area contributed by atoms with Gasteiger partial charge < -0.3 is 10.4 Å². The number of fused-ring (bicyclic) bond motifs is 1. The van der Waals surface area contributed by atoms with E-state index < -0.39 is 0 Å². The van der Waals surface area contributed by atoms with E-state index in [0.717, 1.165) is 12.3 Å². The molecule has 3 unspecified atom stereocenters. The van der Waals surface area contributed by atoms with Gasteiger partial charge in [-0.25, -0.2) is 0 Å². The summed E-state index contributed by atoms with van der Waals surface area (Å²) in [5, 5.41) is 13.7. The lowest BCUT2D eigenvalue weighted by molar-refractivity contribution is 0.254. The van der Waals surface area contributed by atoms with Crippen LogP contribution in [0, 0.1) is 5.92 Å². The van der Waals surface area contributed by atoms with Crippen LogP contribution in [-0.2, 0) is 6.42 Å². The third-order valence-electron chi connectivity index (χ3n) is 5.24. The zero-order chi connectivity index (χ0) is 13.9. The van der Waals surface area contributed by atoms with E-state index in [0.29, 0.717) is 17.8 Å². The van der Waals surface area contributed by atoms with Gasteiger partial charge in [-0.1, -0.05) is 32.3 Å². The zero-order valence-corrected chi connectivity index (χ0v) is 12.6. The van der Waals surface area contributed by atoms with Gasteiger partial charge in [-0.2, -0.15) is 0 Å². The fourth-order valence-electron chi connectivity index (χ4n) is 4.06. The Hall–Kier alpha value is -1.02. The van der Waals surface area contributed by atoms with Crippen molar-refractivity contribution in [3.63, 3.8) is 0 Å². The summed E-state index contributed by atoms with van der Waals surface area (Å²) in [5.74, 6) is 1.32. The molecule has 0 amide bonds. The van der Waals surface area contributed by atoms with Gasteiger partial charge >= 0.3 is 0 Å². The van der Waals surface area contributed by atoms with Crippen LogP contribution in [0.5, 0.6) is 5.75 Å². The molecule has 0 saturated heterocycles. The number of aromatic hydroxyl groups is 1. The summed E-state index contributed by atoms with van der Waals surface area (Å²) >= 11 is 0. The molecule has 20 heavy (non-hydrogen) atoms. The van der Waals surface area contributed by atoms with Crippen molar-refractivity contribution in [1.82, 2.24) is 5.32 Å². The molecule has 1 aromatic rings. The Morgan fingerprint density at radius 2 is 2.10 bits per heavy atom. The monoisotopic (exact) mass is 273 g/mol. The Labute approximate surface area is 122 Å². The maximum Gasteiger partial charge on any atom is 0.115 e. The van der Waals surface area contributed by atoms with E-state index in [1.165, 1.54) is 56.1 Å². The highest BCUT2D eigenvalue weighted by Crippen LogP contribution is 2.34.